The molecule has 0 aliphatic carbocycles. The van der Waals surface area contributed by atoms with Gasteiger partial charge in [-0.25, -0.2) is 4.79 Å². The highest BCUT2D eigenvalue weighted by Gasteiger charge is 2.41. The molecule has 2 atom stereocenters. The van der Waals surface area contributed by atoms with E-state index in [2.05, 4.69) is 4.74 Å². The second-order valence-corrected chi connectivity index (χ2v) is 4.26. The quantitative estimate of drug-likeness (QED) is 0.685. The van der Waals surface area contributed by atoms with Crippen molar-refractivity contribution in [2.75, 3.05) is 6.61 Å². The van der Waals surface area contributed by atoms with Crippen LogP contribution in [0.25, 0.3) is 0 Å². The van der Waals surface area contributed by atoms with E-state index in [1.165, 1.54) is 0 Å². The molecule has 0 spiro atoms. The number of cyclic esters (lactones) is 1. The van der Waals surface area contributed by atoms with E-state index >= 15 is 0 Å². The van der Waals surface area contributed by atoms with Crippen molar-refractivity contribution in [1.29, 1.82) is 0 Å². The van der Waals surface area contributed by atoms with E-state index in [0.29, 0.717) is 6.42 Å². The molecule has 5 nitrogen and oxygen atoms in total. The van der Waals surface area contributed by atoms with Gasteiger partial charge in [-0.2, -0.15) is 0 Å². The molecule has 0 aromatic rings. The van der Waals surface area contributed by atoms with Crippen LogP contribution >= 0.6 is 0 Å². The van der Waals surface area contributed by atoms with E-state index in [0.717, 1.165) is 0 Å². The third-order valence-corrected chi connectivity index (χ3v) is 2.65. The number of hydrogen-bond donors (Lipinski definition) is 1. The second-order valence-electron chi connectivity index (χ2n) is 4.26. The van der Waals surface area contributed by atoms with Gasteiger partial charge < -0.3 is 14.6 Å². The fourth-order valence-electron chi connectivity index (χ4n) is 1.04. The fraction of sp³-hybridized carbons (Fsp3) is 0.800. The largest absolute Gasteiger partial charge is 0.460 e. The molecule has 86 valence electrons. The summed E-state index contributed by atoms with van der Waals surface area (Å²) in [5, 5.41) is 9.32. The lowest BCUT2D eigenvalue weighted by molar-refractivity contribution is -0.170. The molecule has 5 heteroatoms. The Hall–Kier alpha value is -1.10. The van der Waals surface area contributed by atoms with Gasteiger partial charge in [0.1, 0.15) is 12.7 Å². The van der Waals surface area contributed by atoms with Gasteiger partial charge >= 0.3 is 11.9 Å². The minimum absolute atomic E-state index is 0.108. The van der Waals surface area contributed by atoms with Gasteiger partial charge in [-0.15, -0.1) is 0 Å². The molecule has 1 aliphatic rings. The maximum atomic E-state index is 11.6. The maximum Gasteiger partial charge on any atom is 0.350 e. The highest BCUT2D eigenvalue weighted by molar-refractivity contribution is 5.83. The molecule has 2 unspecified atom stereocenters. The first-order valence-corrected chi connectivity index (χ1v) is 4.94. The normalized spacial score (nSPS) is 26.3. The molecule has 1 fully saturated rings. The zero-order valence-electron chi connectivity index (χ0n) is 9.15. The van der Waals surface area contributed by atoms with Crippen LogP contribution in [0.3, 0.4) is 0 Å². The molecule has 0 aromatic heterocycles. The van der Waals surface area contributed by atoms with Gasteiger partial charge in [0.25, 0.3) is 0 Å². The Bertz CT molecular complexity index is 271. The standard InChI is InChI=1S/C10H16O5/c1-4-10(2,3)9(13)15-7-6(11)5-14-8(7)12/h6-7,11H,4-5H2,1-3H3. The molecule has 0 amide bonds. The van der Waals surface area contributed by atoms with E-state index in [-0.39, 0.29) is 6.61 Å². The Morgan fingerprint density at radius 3 is 2.67 bits per heavy atom. The molecule has 0 radical (unpaired) electrons. The maximum absolute atomic E-state index is 11.6. The van der Waals surface area contributed by atoms with Gasteiger partial charge in [0, 0.05) is 0 Å². The van der Waals surface area contributed by atoms with Crippen LogP contribution in [0.1, 0.15) is 27.2 Å². The van der Waals surface area contributed by atoms with Gasteiger partial charge in [-0.05, 0) is 20.3 Å². The topological polar surface area (TPSA) is 72.8 Å². The summed E-state index contributed by atoms with van der Waals surface area (Å²) in [6, 6.07) is 0. The molecule has 1 heterocycles. The number of esters is 2. The van der Waals surface area contributed by atoms with Crippen LogP contribution in [0.4, 0.5) is 0 Å². The van der Waals surface area contributed by atoms with E-state index in [4.69, 9.17) is 4.74 Å². The number of carbonyl (C=O) groups excluding carboxylic acids is 2. The van der Waals surface area contributed by atoms with Crippen molar-refractivity contribution in [1.82, 2.24) is 0 Å². The molecule has 1 aliphatic heterocycles. The summed E-state index contributed by atoms with van der Waals surface area (Å²) in [5.41, 5.74) is -0.650. The van der Waals surface area contributed by atoms with Crippen LogP contribution in [-0.4, -0.2) is 35.9 Å². The average molecular weight is 216 g/mol. The Morgan fingerprint density at radius 1 is 1.67 bits per heavy atom. The monoisotopic (exact) mass is 216 g/mol. The average Bonchev–Trinajstić information content (AvgIpc) is 2.49. The lowest BCUT2D eigenvalue weighted by Crippen LogP contribution is -2.37. The van der Waals surface area contributed by atoms with E-state index in [1.807, 2.05) is 6.92 Å². The smallest absolute Gasteiger partial charge is 0.350 e. The summed E-state index contributed by atoms with van der Waals surface area (Å²) in [6.45, 7) is 5.19. The molecule has 0 aromatic carbocycles. The second kappa shape index (κ2) is 4.18. The van der Waals surface area contributed by atoms with Crippen LogP contribution in [0.15, 0.2) is 0 Å². The van der Waals surface area contributed by atoms with E-state index < -0.39 is 29.6 Å². The molecule has 1 N–H and O–H groups in total. The van der Waals surface area contributed by atoms with Crippen molar-refractivity contribution in [3.05, 3.63) is 0 Å². The predicted molar refractivity (Wildman–Crippen MR) is 50.9 cm³/mol. The van der Waals surface area contributed by atoms with Gasteiger partial charge in [0.15, 0.2) is 0 Å². The SMILES string of the molecule is CCC(C)(C)C(=O)OC1C(=O)OCC1O. The van der Waals surface area contributed by atoms with Crippen molar-refractivity contribution in [2.45, 2.75) is 39.4 Å². The number of carbonyl (C=O) groups is 2. The highest BCUT2D eigenvalue weighted by Crippen LogP contribution is 2.24. The van der Waals surface area contributed by atoms with Gasteiger partial charge in [-0.1, -0.05) is 6.92 Å². The summed E-state index contributed by atoms with van der Waals surface area (Å²) < 4.78 is 9.49. The first-order chi connectivity index (χ1) is 6.88. The Kier molecular flexibility index (Phi) is 3.34. The first kappa shape index (κ1) is 12.0. The minimum atomic E-state index is -1.16. The Morgan fingerprint density at radius 2 is 2.27 bits per heavy atom. The lowest BCUT2D eigenvalue weighted by Gasteiger charge is -2.22. The van der Waals surface area contributed by atoms with Crippen molar-refractivity contribution < 1.29 is 24.2 Å². The molecule has 15 heavy (non-hydrogen) atoms. The number of rotatable bonds is 3. The Labute approximate surface area is 88.4 Å². The zero-order valence-corrected chi connectivity index (χ0v) is 9.15. The zero-order chi connectivity index (χ0) is 11.6. The number of aliphatic hydroxyl groups excluding tert-OH is 1. The van der Waals surface area contributed by atoms with Crippen LogP contribution in [-0.2, 0) is 19.1 Å². The van der Waals surface area contributed by atoms with Crippen molar-refractivity contribution in [3.8, 4) is 0 Å². The van der Waals surface area contributed by atoms with Crippen LogP contribution in [0.2, 0.25) is 0 Å². The predicted octanol–water partition coefficient (Wildman–Crippen LogP) is 0.252. The molecular weight excluding hydrogens is 200 g/mol. The number of aliphatic hydroxyl groups is 1. The van der Waals surface area contributed by atoms with Crippen molar-refractivity contribution >= 4 is 11.9 Å². The summed E-state index contributed by atoms with van der Waals surface area (Å²) in [5.74, 6) is -1.17. The third kappa shape index (κ3) is 2.47. The number of ether oxygens (including phenoxy) is 2. The minimum Gasteiger partial charge on any atom is -0.460 e. The molecule has 1 rings (SSSR count). The molecule has 1 saturated heterocycles. The van der Waals surface area contributed by atoms with Crippen LogP contribution < -0.4 is 0 Å². The fourth-order valence-corrected chi connectivity index (χ4v) is 1.04. The van der Waals surface area contributed by atoms with Gasteiger partial charge in [0.05, 0.1) is 5.41 Å². The lowest BCUT2D eigenvalue weighted by atomic mass is 9.90. The number of hydrogen-bond acceptors (Lipinski definition) is 5. The summed E-state index contributed by atoms with van der Waals surface area (Å²) in [7, 11) is 0. The molecular formula is C10H16O5. The van der Waals surface area contributed by atoms with Crippen molar-refractivity contribution in [3.63, 3.8) is 0 Å². The van der Waals surface area contributed by atoms with Crippen LogP contribution in [0, 0.1) is 5.41 Å². The Balaban J connectivity index is 2.62. The molecule has 0 bridgehead atoms. The van der Waals surface area contributed by atoms with Crippen LogP contribution in [0.5, 0.6) is 0 Å². The summed E-state index contributed by atoms with van der Waals surface area (Å²) >= 11 is 0. The van der Waals surface area contributed by atoms with Crippen molar-refractivity contribution in [2.24, 2.45) is 5.41 Å². The van der Waals surface area contributed by atoms with E-state index in [1.54, 1.807) is 13.8 Å². The third-order valence-electron chi connectivity index (χ3n) is 2.65. The van der Waals surface area contributed by atoms with E-state index in [9.17, 15) is 14.7 Å². The first-order valence-electron chi connectivity index (χ1n) is 4.94. The summed E-state index contributed by atoms with van der Waals surface area (Å²) in [4.78, 5) is 22.7. The highest BCUT2D eigenvalue weighted by atomic mass is 16.6. The summed E-state index contributed by atoms with van der Waals surface area (Å²) in [6.07, 6.45) is -1.61. The van der Waals surface area contributed by atoms with Gasteiger partial charge in [0.2, 0.25) is 6.10 Å². The van der Waals surface area contributed by atoms with Gasteiger partial charge in [-0.3, -0.25) is 4.79 Å². The molecule has 0 saturated carbocycles.